The molecule has 0 spiro atoms. The van der Waals surface area contributed by atoms with Crippen LogP contribution < -0.4 is 10.6 Å². The van der Waals surface area contributed by atoms with Gasteiger partial charge in [-0.05, 0) is 24.1 Å². The topological polar surface area (TPSA) is 95.6 Å². The van der Waals surface area contributed by atoms with Crippen LogP contribution in [-0.4, -0.2) is 32.1 Å². The zero-order valence-electron chi connectivity index (χ0n) is 15.6. The Kier molecular flexibility index (Phi) is 6.04. The van der Waals surface area contributed by atoms with Crippen LogP contribution >= 0.6 is 11.3 Å². The first-order chi connectivity index (χ1) is 14.3. The molecule has 8 heteroatoms. The van der Waals surface area contributed by atoms with Crippen LogP contribution in [0.5, 0.6) is 0 Å². The number of nitrogens with one attached hydrogen (secondary N) is 3. The zero-order valence-corrected chi connectivity index (χ0v) is 16.4. The van der Waals surface area contributed by atoms with E-state index in [2.05, 4.69) is 30.8 Å². The van der Waals surface area contributed by atoms with Gasteiger partial charge in [-0.3, -0.25) is 20.2 Å². The fourth-order valence-corrected chi connectivity index (χ4v) is 3.50. The Morgan fingerprint density at radius 2 is 1.97 bits per heavy atom. The van der Waals surface area contributed by atoms with Gasteiger partial charge in [0.05, 0.1) is 22.9 Å². The van der Waals surface area contributed by atoms with Gasteiger partial charge in [-0.1, -0.05) is 30.3 Å². The molecule has 4 rings (SSSR count). The summed E-state index contributed by atoms with van der Waals surface area (Å²) < 4.78 is 0. The van der Waals surface area contributed by atoms with Gasteiger partial charge in [0, 0.05) is 35.9 Å². The number of H-pyrrole nitrogens is 1. The molecular formula is C21H20N6OS. The number of benzene rings is 1. The molecule has 0 bridgehead atoms. The van der Waals surface area contributed by atoms with E-state index in [-0.39, 0.29) is 5.91 Å². The lowest BCUT2D eigenvalue weighted by Crippen LogP contribution is -2.42. The molecule has 146 valence electrons. The molecule has 3 aromatic heterocycles. The highest BCUT2D eigenvalue weighted by Crippen LogP contribution is 2.19. The number of amides is 1. The number of pyridine rings is 1. The molecule has 1 amide bonds. The molecule has 1 aromatic carbocycles. The Morgan fingerprint density at radius 3 is 2.72 bits per heavy atom. The molecule has 0 saturated heterocycles. The third kappa shape index (κ3) is 5.13. The van der Waals surface area contributed by atoms with Gasteiger partial charge in [0.2, 0.25) is 5.91 Å². The highest BCUT2D eigenvalue weighted by atomic mass is 32.1. The number of hydrogen-bond acceptors (Lipinski definition) is 6. The van der Waals surface area contributed by atoms with Gasteiger partial charge in [0.15, 0.2) is 5.82 Å². The van der Waals surface area contributed by atoms with Crippen molar-refractivity contribution in [2.75, 3.05) is 5.32 Å². The number of nitrogens with zero attached hydrogens (tertiary/aromatic N) is 3. The summed E-state index contributed by atoms with van der Waals surface area (Å²) in [7, 11) is 0. The maximum absolute atomic E-state index is 13.0. The lowest BCUT2D eigenvalue weighted by molar-refractivity contribution is -0.118. The molecule has 29 heavy (non-hydrogen) atoms. The number of hydrogen-bond donors (Lipinski definition) is 3. The Bertz CT molecular complexity index is 1030. The average molecular weight is 404 g/mol. The molecule has 0 aliphatic heterocycles. The molecule has 0 aliphatic carbocycles. The van der Waals surface area contributed by atoms with Crippen molar-refractivity contribution in [3.63, 3.8) is 0 Å². The number of aromatic amines is 1. The molecule has 7 nitrogen and oxygen atoms in total. The minimum Gasteiger partial charge on any atom is -0.308 e. The van der Waals surface area contributed by atoms with Crippen LogP contribution in [0.3, 0.4) is 0 Å². The molecule has 1 atom stereocenters. The monoisotopic (exact) mass is 404 g/mol. The fraction of sp³-hybridized carbons (Fsp3) is 0.143. The second kappa shape index (κ2) is 9.22. The number of carbonyl (C=O) groups excluding carboxylic acids is 1. The summed E-state index contributed by atoms with van der Waals surface area (Å²) in [5, 5.41) is 15.4. The van der Waals surface area contributed by atoms with Gasteiger partial charge in [0.25, 0.3) is 0 Å². The summed E-state index contributed by atoms with van der Waals surface area (Å²) in [6.07, 6.45) is 4.00. The first kappa shape index (κ1) is 19.0. The normalized spacial score (nSPS) is 11.9. The SMILES string of the molecule is O=C(Nc1cc(-c2ccncc2)[nH]n1)C(Cc1ccccc1)NCc1cscn1. The molecule has 4 aromatic rings. The first-order valence-corrected chi connectivity index (χ1v) is 10.1. The van der Waals surface area contributed by atoms with Crippen LogP contribution in [0.25, 0.3) is 11.3 Å². The molecule has 3 N–H and O–H groups in total. The highest BCUT2D eigenvalue weighted by Gasteiger charge is 2.20. The summed E-state index contributed by atoms with van der Waals surface area (Å²) in [6, 6.07) is 15.1. The minimum atomic E-state index is -0.417. The number of aromatic nitrogens is 4. The van der Waals surface area contributed by atoms with E-state index in [0.29, 0.717) is 18.8 Å². The maximum atomic E-state index is 13.0. The Labute approximate surface area is 172 Å². The Morgan fingerprint density at radius 1 is 1.14 bits per heavy atom. The van der Waals surface area contributed by atoms with Crippen molar-refractivity contribution in [1.82, 2.24) is 25.5 Å². The molecule has 0 aliphatic rings. The van der Waals surface area contributed by atoms with Crippen LogP contribution in [0.4, 0.5) is 5.82 Å². The maximum Gasteiger partial charge on any atom is 0.243 e. The predicted octanol–water partition coefficient (Wildman–Crippen LogP) is 3.27. The summed E-state index contributed by atoms with van der Waals surface area (Å²) in [5.41, 5.74) is 5.56. The molecular weight excluding hydrogens is 384 g/mol. The molecule has 3 heterocycles. The van der Waals surface area contributed by atoms with Crippen LogP contribution in [0.2, 0.25) is 0 Å². The van der Waals surface area contributed by atoms with E-state index < -0.39 is 6.04 Å². The molecule has 0 saturated carbocycles. The van der Waals surface area contributed by atoms with Gasteiger partial charge < -0.3 is 5.32 Å². The van der Waals surface area contributed by atoms with E-state index >= 15 is 0 Å². The van der Waals surface area contributed by atoms with Gasteiger partial charge >= 0.3 is 0 Å². The standard InChI is InChI=1S/C21H20N6OS/c28-21(25-20-11-18(26-27-20)16-6-8-22-9-7-16)19(10-15-4-2-1-3-5-15)23-12-17-13-29-14-24-17/h1-9,11,13-14,19,23H,10,12H2,(H2,25,26,27,28). The molecule has 0 fully saturated rings. The smallest absolute Gasteiger partial charge is 0.243 e. The van der Waals surface area contributed by atoms with Gasteiger partial charge in [-0.15, -0.1) is 11.3 Å². The number of thiazole rings is 1. The lowest BCUT2D eigenvalue weighted by Gasteiger charge is -2.17. The van der Waals surface area contributed by atoms with Crippen molar-refractivity contribution in [2.24, 2.45) is 0 Å². The third-order valence-electron chi connectivity index (χ3n) is 4.43. The van der Waals surface area contributed by atoms with Gasteiger partial charge in [-0.25, -0.2) is 4.98 Å². The second-order valence-corrected chi connectivity index (χ2v) is 7.21. The van der Waals surface area contributed by atoms with Crippen molar-refractivity contribution in [2.45, 2.75) is 19.0 Å². The third-order valence-corrected chi connectivity index (χ3v) is 5.07. The lowest BCUT2D eigenvalue weighted by atomic mass is 10.1. The van der Waals surface area contributed by atoms with Crippen molar-refractivity contribution < 1.29 is 4.79 Å². The largest absolute Gasteiger partial charge is 0.308 e. The average Bonchev–Trinajstić information content (AvgIpc) is 3.45. The fourth-order valence-electron chi connectivity index (χ4n) is 2.94. The quantitative estimate of drug-likeness (QED) is 0.419. The van der Waals surface area contributed by atoms with Crippen LogP contribution in [0.1, 0.15) is 11.3 Å². The van der Waals surface area contributed by atoms with E-state index in [4.69, 9.17) is 0 Å². The molecule has 1 unspecified atom stereocenters. The van der Waals surface area contributed by atoms with Crippen LogP contribution in [-0.2, 0) is 17.8 Å². The summed E-state index contributed by atoms with van der Waals surface area (Å²) in [5.74, 6) is 0.340. The summed E-state index contributed by atoms with van der Waals surface area (Å²) in [6.45, 7) is 0.525. The predicted molar refractivity (Wildman–Crippen MR) is 113 cm³/mol. The van der Waals surface area contributed by atoms with E-state index in [9.17, 15) is 4.79 Å². The van der Waals surface area contributed by atoms with E-state index in [1.807, 2.05) is 53.9 Å². The number of carbonyl (C=O) groups is 1. The van der Waals surface area contributed by atoms with Crippen molar-refractivity contribution in [3.8, 4) is 11.3 Å². The van der Waals surface area contributed by atoms with Crippen molar-refractivity contribution in [1.29, 1.82) is 0 Å². The Balaban J connectivity index is 1.46. The van der Waals surface area contributed by atoms with E-state index in [0.717, 1.165) is 22.5 Å². The molecule has 0 radical (unpaired) electrons. The zero-order chi connectivity index (χ0) is 19.9. The van der Waals surface area contributed by atoms with Crippen LogP contribution in [0, 0.1) is 0 Å². The van der Waals surface area contributed by atoms with Crippen molar-refractivity contribution >= 4 is 23.1 Å². The highest BCUT2D eigenvalue weighted by molar-refractivity contribution is 7.07. The summed E-state index contributed by atoms with van der Waals surface area (Å²) >= 11 is 1.54. The first-order valence-electron chi connectivity index (χ1n) is 9.19. The van der Waals surface area contributed by atoms with Gasteiger partial charge in [-0.2, -0.15) is 5.10 Å². The van der Waals surface area contributed by atoms with Crippen molar-refractivity contribution in [3.05, 3.63) is 83.1 Å². The van der Waals surface area contributed by atoms with Crippen LogP contribution in [0.15, 0.2) is 71.8 Å². The van der Waals surface area contributed by atoms with Gasteiger partial charge in [0.1, 0.15) is 0 Å². The second-order valence-electron chi connectivity index (χ2n) is 6.49. The Hall–Kier alpha value is -3.36. The summed E-state index contributed by atoms with van der Waals surface area (Å²) in [4.78, 5) is 21.3. The minimum absolute atomic E-state index is 0.142. The number of anilines is 1. The van der Waals surface area contributed by atoms with E-state index in [1.165, 1.54) is 11.3 Å². The van der Waals surface area contributed by atoms with E-state index in [1.54, 1.807) is 17.9 Å². The number of rotatable bonds is 8.